The van der Waals surface area contributed by atoms with E-state index in [1.54, 1.807) is 25.4 Å². The van der Waals surface area contributed by atoms with E-state index in [0.717, 1.165) is 37.3 Å². The predicted molar refractivity (Wildman–Crippen MR) is 154 cm³/mol. The maximum absolute atomic E-state index is 12.8. The molecule has 1 aromatic heterocycles. The summed E-state index contributed by atoms with van der Waals surface area (Å²) in [6.07, 6.45) is 4.32. The summed E-state index contributed by atoms with van der Waals surface area (Å²) in [4.78, 5) is 29.0. The van der Waals surface area contributed by atoms with Gasteiger partial charge in [-0.2, -0.15) is 5.10 Å². The monoisotopic (exact) mass is 544 g/mol. The molecule has 39 heavy (non-hydrogen) atoms. The number of nitrogens with one attached hydrogen (secondary N) is 3. The molecule has 200 valence electrons. The van der Waals surface area contributed by atoms with E-state index in [1.165, 1.54) is 11.1 Å². The van der Waals surface area contributed by atoms with Crippen molar-refractivity contribution in [3.05, 3.63) is 95.3 Å². The van der Waals surface area contributed by atoms with Gasteiger partial charge in [0.2, 0.25) is 0 Å². The molecule has 5 rings (SSSR count). The normalized spacial score (nSPS) is 13.7. The maximum Gasteiger partial charge on any atom is 0.261 e. The van der Waals surface area contributed by atoms with Crippen LogP contribution in [0.5, 0.6) is 0 Å². The molecule has 1 fully saturated rings. The zero-order valence-corrected chi connectivity index (χ0v) is 22.2. The Morgan fingerprint density at radius 3 is 2.33 bits per heavy atom. The summed E-state index contributed by atoms with van der Waals surface area (Å²) in [5.41, 5.74) is 4.88. The van der Waals surface area contributed by atoms with Gasteiger partial charge in [-0.1, -0.05) is 11.6 Å². The fraction of sp³-hybridized carbons (Fsp3) is 0.207. The molecule has 0 radical (unpaired) electrons. The first-order valence-corrected chi connectivity index (χ1v) is 13.0. The number of hydrogen-bond donors (Lipinski definition) is 4. The van der Waals surface area contributed by atoms with Gasteiger partial charge in [0.1, 0.15) is 0 Å². The molecule has 2 heterocycles. The molecule has 0 saturated carbocycles. The molecule has 0 aliphatic carbocycles. The van der Waals surface area contributed by atoms with E-state index in [2.05, 4.69) is 25.7 Å². The number of H-pyrrole nitrogens is 1. The molecule has 1 aliphatic heterocycles. The van der Waals surface area contributed by atoms with Gasteiger partial charge in [0.15, 0.2) is 0 Å². The number of carbonyl (C=O) groups excluding carboxylic acids is 2. The Morgan fingerprint density at radius 1 is 1.00 bits per heavy atom. The van der Waals surface area contributed by atoms with Crippen LogP contribution in [0.1, 0.15) is 33.6 Å². The van der Waals surface area contributed by atoms with Crippen molar-refractivity contribution in [2.75, 3.05) is 40.6 Å². The molecule has 3 aromatic carbocycles. The molecule has 0 atom stereocenters. The number of aromatic nitrogens is 2. The van der Waals surface area contributed by atoms with Gasteiger partial charge in [0.25, 0.3) is 11.8 Å². The molecule has 2 amide bonds. The summed E-state index contributed by atoms with van der Waals surface area (Å²) in [6, 6.07) is 20.2. The molecule has 1 aliphatic rings. The van der Waals surface area contributed by atoms with Gasteiger partial charge in [-0.05, 0) is 79.6 Å². The molecule has 4 N–H and O–H groups in total. The number of amides is 2. The Morgan fingerprint density at radius 2 is 1.69 bits per heavy atom. The Kier molecular flexibility index (Phi) is 7.81. The van der Waals surface area contributed by atoms with Crippen molar-refractivity contribution in [2.45, 2.75) is 18.9 Å². The molecule has 0 unspecified atom stereocenters. The highest BCUT2D eigenvalue weighted by Gasteiger charge is 2.18. The SMILES string of the molecule is CN(C(=O)c1cn[nH]c1)c1ccc(Nc2ccc(NC(=O)c3ccc(N4CCC(O)CC4)cc3)cc2)c(Cl)c1. The number of rotatable bonds is 7. The van der Waals surface area contributed by atoms with Crippen LogP contribution in [0.3, 0.4) is 0 Å². The second-order valence-corrected chi connectivity index (χ2v) is 9.84. The van der Waals surface area contributed by atoms with E-state index in [0.29, 0.717) is 33.2 Å². The van der Waals surface area contributed by atoms with Crippen molar-refractivity contribution >= 4 is 51.9 Å². The van der Waals surface area contributed by atoms with Crippen LogP contribution in [0.2, 0.25) is 5.02 Å². The molecular weight excluding hydrogens is 516 g/mol. The number of aliphatic hydroxyl groups is 1. The molecule has 1 saturated heterocycles. The zero-order chi connectivity index (χ0) is 27.4. The van der Waals surface area contributed by atoms with Crippen molar-refractivity contribution in [3.63, 3.8) is 0 Å². The van der Waals surface area contributed by atoms with Crippen LogP contribution in [-0.4, -0.2) is 53.4 Å². The van der Waals surface area contributed by atoms with Crippen LogP contribution in [0.4, 0.5) is 28.4 Å². The highest BCUT2D eigenvalue weighted by atomic mass is 35.5. The minimum Gasteiger partial charge on any atom is -0.393 e. The number of hydrogen-bond acceptors (Lipinski definition) is 6. The van der Waals surface area contributed by atoms with Gasteiger partial charge in [0.05, 0.1) is 28.6 Å². The smallest absolute Gasteiger partial charge is 0.261 e. The fourth-order valence-electron chi connectivity index (χ4n) is 4.44. The van der Waals surface area contributed by atoms with Crippen molar-refractivity contribution in [1.29, 1.82) is 0 Å². The number of carbonyl (C=O) groups is 2. The van der Waals surface area contributed by atoms with Gasteiger partial charge < -0.3 is 25.5 Å². The number of piperidine rings is 1. The van der Waals surface area contributed by atoms with Crippen LogP contribution in [0.25, 0.3) is 0 Å². The third-order valence-electron chi connectivity index (χ3n) is 6.77. The number of aliphatic hydroxyl groups excluding tert-OH is 1. The lowest BCUT2D eigenvalue weighted by Gasteiger charge is -2.31. The summed E-state index contributed by atoms with van der Waals surface area (Å²) in [5, 5.41) is 22.8. The lowest BCUT2D eigenvalue weighted by molar-refractivity contribution is 0.0991. The molecular formula is C29H29ClN6O3. The first-order valence-electron chi connectivity index (χ1n) is 12.7. The Balaban J connectivity index is 1.17. The first-order chi connectivity index (χ1) is 18.9. The third kappa shape index (κ3) is 6.22. The van der Waals surface area contributed by atoms with Crippen molar-refractivity contribution in [3.8, 4) is 0 Å². The maximum atomic E-state index is 12.8. The van der Waals surface area contributed by atoms with Gasteiger partial charge in [0, 0.05) is 54.6 Å². The summed E-state index contributed by atoms with van der Waals surface area (Å²) >= 11 is 6.50. The van der Waals surface area contributed by atoms with E-state index in [4.69, 9.17) is 11.6 Å². The average molecular weight is 545 g/mol. The fourth-order valence-corrected chi connectivity index (χ4v) is 4.66. The van der Waals surface area contributed by atoms with E-state index >= 15 is 0 Å². The predicted octanol–water partition coefficient (Wildman–Crippen LogP) is 5.30. The topological polar surface area (TPSA) is 114 Å². The number of nitrogens with zero attached hydrogens (tertiary/aromatic N) is 3. The van der Waals surface area contributed by atoms with Crippen LogP contribution in [0, 0.1) is 0 Å². The highest BCUT2D eigenvalue weighted by Crippen LogP contribution is 2.30. The Bertz CT molecular complexity index is 1430. The summed E-state index contributed by atoms with van der Waals surface area (Å²) in [6.45, 7) is 1.62. The minimum absolute atomic E-state index is 0.191. The number of halogens is 1. The Hall–Kier alpha value is -4.34. The van der Waals surface area contributed by atoms with E-state index in [9.17, 15) is 14.7 Å². The molecule has 4 aromatic rings. The third-order valence-corrected chi connectivity index (χ3v) is 7.08. The number of benzene rings is 3. The second-order valence-electron chi connectivity index (χ2n) is 9.44. The second kappa shape index (κ2) is 11.6. The Labute approximate surface area is 231 Å². The minimum atomic E-state index is -0.220. The van der Waals surface area contributed by atoms with Crippen molar-refractivity contribution in [1.82, 2.24) is 10.2 Å². The van der Waals surface area contributed by atoms with Gasteiger partial charge in [-0.3, -0.25) is 14.7 Å². The molecule has 0 bridgehead atoms. The molecule has 10 heteroatoms. The molecule has 0 spiro atoms. The number of aromatic amines is 1. The summed E-state index contributed by atoms with van der Waals surface area (Å²) in [5.74, 6) is -0.388. The van der Waals surface area contributed by atoms with Crippen molar-refractivity contribution < 1.29 is 14.7 Å². The zero-order valence-electron chi connectivity index (χ0n) is 21.4. The lowest BCUT2D eigenvalue weighted by atomic mass is 10.1. The average Bonchev–Trinajstić information content (AvgIpc) is 3.50. The number of anilines is 5. The quantitative estimate of drug-likeness (QED) is 0.251. The van der Waals surface area contributed by atoms with E-state index in [-0.39, 0.29) is 17.9 Å². The van der Waals surface area contributed by atoms with Crippen LogP contribution in [-0.2, 0) is 0 Å². The van der Waals surface area contributed by atoms with Gasteiger partial charge >= 0.3 is 0 Å². The largest absolute Gasteiger partial charge is 0.393 e. The highest BCUT2D eigenvalue weighted by molar-refractivity contribution is 6.33. The van der Waals surface area contributed by atoms with Crippen LogP contribution < -0.4 is 20.4 Å². The summed E-state index contributed by atoms with van der Waals surface area (Å²) in [7, 11) is 1.68. The van der Waals surface area contributed by atoms with Crippen LogP contribution >= 0.6 is 11.6 Å². The van der Waals surface area contributed by atoms with Gasteiger partial charge in [-0.25, -0.2) is 0 Å². The van der Waals surface area contributed by atoms with Crippen molar-refractivity contribution in [2.24, 2.45) is 0 Å². The van der Waals surface area contributed by atoms with Gasteiger partial charge in [-0.15, -0.1) is 0 Å². The molecule has 9 nitrogen and oxygen atoms in total. The van der Waals surface area contributed by atoms with E-state index in [1.807, 2.05) is 54.6 Å². The van der Waals surface area contributed by atoms with Crippen LogP contribution in [0.15, 0.2) is 79.1 Å². The lowest BCUT2D eigenvalue weighted by Crippen LogP contribution is -2.35. The standard InChI is InChI=1S/C29H29ClN6O3/c1-35(29(39)20-17-31-32-18-20)24-10-11-27(26(30)16-24)33-21-4-6-22(7-5-21)34-28(38)19-2-8-23(9-3-19)36-14-12-25(37)13-15-36/h2-11,16-18,25,33,37H,12-15H2,1H3,(H,31,32)(H,34,38). The van der Waals surface area contributed by atoms with E-state index < -0.39 is 0 Å². The first kappa shape index (κ1) is 26.3. The summed E-state index contributed by atoms with van der Waals surface area (Å²) < 4.78 is 0.